The van der Waals surface area contributed by atoms with Crippen LogP contribution in [0.2, 0.25) is 0 Å². The Kier molecular flexibility index (Phi) is 4.83. The van der Waals surface area contributed by atoms with Gasteiger partial charge >= 0.3 is 12.0 Å². The highest BCUT2D eigenvalue weighted by Gasteiger charge is 2.30. The van der Waals surface area contributed by atoms with E-state index in [-0.39, 0.29) is 6.03 Å². The van der Waals surface area contributed by atoms with Gasteiger partial charge in [0.25, 0.3) is 0 Å². The summed E-state index contributed by atoms with van der Waals surface area (Å²) in [6.07, 6.45) is 3.20. The number of anilines is 1. The summed E-state index contributed by atoms with van der Waals surface area (Å²) in [5.41, 5.74) is 2.96. The molecular weight excluding hydrogens is 268 g/mol. The summed E-state index contributed by atoms with van der Waals surface area (Å²) in [5.74, 6) is -0.924. The van der Waals surface area contributed by atoms with E-state index in [4.69, 9.17) is 0 Å². The fraction of sp³-hybridized carbons (Fsp3) is 0.500. The van der Waals surface area contributed by atoms with Crippen LogP contribution in [0.1, 0.15) is 36.8 Å². The molecular formula is C16H22N2O3. The number of hydrogen-bond acceptors (Lipinski definition) is 2. The molecule has 1 unspecified atom stereocenters. The number of carbonyl (C=O) groups excluding carboxylic acids is 1. The zero-order valence-electron chi connectivity index (χ0n) is 12.6. The number of nitrogens with one attached hydrogen (secondary N) is 1. The first-order valence-corrected chi connectivity index (χ1v) is 7.36. The van der Waals surface area contributed by atoms with Crippen LogP contribution in [-0.2, 0) is 4.79 Å². The quantitative estimate of drug-likeness (QED) is 0.879. The fourth-order valence-corrected chi connectivity index (χ4v) is 2.62. The van der Waals surface area contributed by atoms with Crippen LogP contribution in [0, 0.1) is 13.8 Å². The molecule has 0 saturated carbocycles. The summed E-state index contributed by atoms with van der Waals surface area (Å²) in [5, 5.41) is 12.1. The first kappa shape index (κ1) is 15.4. The largest absolute Gasteiger partial charge is 0.480 e. The predicted molar refractivity (Wildman–Crippen MR) is 81.5 cm³/mol. The van der Waals surface area contributed by atoms with E-state index in [1.807, 2.05) is 32.0 Å². The predicted octanol–water partition coefficient (Wildman–Crippen LogP) is 3.16. The third kappa shape index (κ3) is 3.74. The van der Waals surface area contributed by atoms with Crippen LogP contribution >= 0.6 is 0 Å². The Morgan fingerprint density at radius 3 is 2.62 bits per heavy atom. The summed E-state index contributed by atoms with van der Waals surface area (Å²) in [6, 6.07) is 4.64. The second-order valence-corrected chi connectivity index (χ2v) is 5.63. The van der Waals surface area contributed by atoms with Crippen molar-refractivity contribution in [2.24, 2.45) is 0 Å². The Hall–Kier alpha value is -2.04. The molecule has 1 fully saturated rings. The third-order valence-corrected chi connectivity index (χ3v) is 4.06. The van der Waals surface area contributed by atoms with Crippen molar-refractivity contribution < 1.29 is 14.7 Å². The molecule has 21 heavy (non-hydrogen) atoms. The number of amides is 2. The lowest BCUT2D eigenvalue weighted by Gasteiger charge is -2.27. The zero-order valence-corrected chi connectivity index (χ0v) is 12.6. The highest BCUT2D eigenvalue weighted by Crippen LogP contribution is 2.20. The Balaban J connectivity index is 2.12. The van der Waals surface area contributed by atoms with Gasteiger partial charge in [-0.25, -0.2) is 9.59 Å². The van der Waals surface area contributed by atoms with Gasteiger partial charge in [0.15, 0.2) is 0 Å². The number of aryl methyl sites for hydroxylation is 2. The molecule has 2 N–H and O–H groups in total. The van der Waals surface area contributed by atoms with E-state index in [0.29, 0.717) is 18.7 Å². The molecule has 2 amide bonds. The van der Waals surface area contributed by atoms with Crippen LogP contribution in [0.3, 0.4) is 0 Å². The van der Waals surface area contributed by atoms with E-state index in [0.717, 1.165) is 30.4 Å². The van der Waals surface area contributed by atoms with Gasteiger partial charge in [-0.05, 0) is 49.9 Å². The Labute approximate surface area is 125 Å². The SMILES string of the molecule is Cc1ccc(NC(=O)N2CCCCCC2C(=O)O)cc1C. The number of likely N-dealkylation sites (tertiary alicyclic amines) is 1. The number of carbonyl (C=O) groups is 2. The van der Waals surface area contributed by atoms with Crippen molar-refractivity contribution in [2.45, 2.75) is 45.6 Å². The molecule has 1 aromatic rings. The number of hydrogen-bond donors (Lipinski definition) is 2. The summed E-state index contributed by atoms with van der Waals surface area (Å²) in [7, 11) is 0. The normalized spacial score (nSPS) is 19.0. The monoisotopic (exact) mass is 290 g/mol. The maximum atomic E-state index is 12.4. The standard InChI is InChI=1S/C16H22N2O3/c1-11-7-8-13(10-12(11)2)17-16(21)18-9-5-3-4-6-14(18)15(19)20/h7-8,10,14H,3-6,9H2,1-2H3,(H,17,21)(H,19,20). The number of aliphatic carboxylic acids is 1. The van der Waals surface area contributed by atoms with E-state index in [2.05, 4.69) is 5.32 Å². The molecule has 1 heterocycles. The van der Waals surface area contributed by atoms with E-state index in [1.165, 1.54) is 4.90 Å². The van der Waals surface area contributed by atoms with Crippen molar-refractivity contribution in [3.05, 3.63) is 29.3 Å². The molecule has 114 valence electrons. The van der Waals surface area contributed by atoms with Gasteiger partial charge in [0, 0.05) is 12.2 Å². The zero-order chi connectivity index (χ0) is 15.4. The lowest BCUT2D eigenvalue weighted by Crippen LogP contribution is -2.46. The van der Waals surface area contributed by atoms with Crippen molar-refractivity contribution in [3.63, 3.8) is 0 Å². The van der Waals surface area contributed by atoms with Crippen molar-refractivity contribution in [2.75, 3.05) is 11.9 Å². The van der Waals surface area contributed by atoms with Gasteiger partial charge in [-0.1, -0.05) is 18.9 Å². The summed E-state index contributed by atoms with van der Waals surface area (Å²) >= 11 is 0. The molecule has 0 radical (unpaired) electrons. The van der Waals surface area contributed by atoms with Gasteiger partial charge < -0.3 is 15.3 Å². The molecule has 0 bridgehead atoms. The van der Waals surface area contributed by atoms with E-state index < -0.39 is 12.0 Å². The number of urea groups is 1. The first-order chi connectivity index (χ1) is 9.99. The van der Waals surface area contributed by atoms with E-state index in [1.54, 1.807) is 0 Å². The highest BCUT2D eigenvalue weighted by molar-refractivity contribution is 5.92. The van der Waals surface area contributed by atoms with Gasteiger partial charge in [-0.3, -0.25) is 0 Å². The lowest BCUT2D eigenvalue weighted by atomic mass is 10.1. The lowest BCUT2D eigenvalue weighted by molar-refractivity contribution is -0.142. The maximum Gasteiger partial charge on any atom is 0.326 e. The molecule has 1 atom stereocenters. The molecule has 0 aliphatic carbocycles. The van der Waals surface area contributed by atoms with Crippen molar-refractivity contribution in [1.82, 2.24) is 4.90 Å². The Morgan fingerprint density at radius 1 is 1.19 bits per heavy atom. The van der Waals surface area contributed by atoms with Crippen molar-refractivity contribution in [1.29, 1.82) is 0 Å². The highest BCUT2D eigenvalue weighted by atomic mass is 16.4. The van der Waals surface area contributed by atoms with E-state index >= 15 is 0 Å². The number of benzene rings is 1. The number of carboxylic acids is 1. The summed E-state index contributed by atoms with van der Waals surface area (Å²) in [6.45, 7) is 4.49. The molecule has 0 spiro atoms. The molecule has 0 aromatic heterocycles. The first-order valence-electron chi connectivity index (χ1n) is 7.36. The summed E-state index contributed by atoms with van der Waals surface area (Å²) < 4.78 is 0. The molecule has 1 aromatic carbocycles. The van der Waals surface area contributed by atoms with Crippen LogP contribution < -0.4 is 5.32 Å². The molecule has 1 saturated heterocycles. The number of carboxylic acid groups (broad SMARTS) is 1. The Bertz CT molecular complexity index is 542. The minimum Gasteiger partial charge on any atom is -0.480 e. The smallest absolute Gasteiger partial charge is 0.326 e. The number of nitrogens with zero attached hydrogens (tertiary/aromatic N) is 1. The topological polar surface area (TPSA) is 69.6 Å². The second-order valence-electron chi connectivity index (χ2n) is 5.63. The minimum atomic E-state index is -0.924. The molecule has 1 aliphatic rings. The second kappa shape index (κ2) is 6.61. The van der Waals surface area contributed by atoms with Crippen molar-refractivity contribution in [3.8, 4) is 0 Å². The van der Waals surface area contributed by atoms with Gasteiger partial charge in [-0.2, -0.15) is 0 Å². The summed E-state index contributed by atoms with van der Waals surface area (Å²) in [4.78, 5) is 25.2. The maximum absolute atomic E-state index is 12.4. The van der Waals surface area contributed by atoms with Crippen LogP contribution in [0.4, 0.5) is 10.5 Å². The van der Waals surface area contributed by atoms with Crippen molar-refractivity contribution >= 4 is 17.7 Å². The average Bonchev–Trinajstić information content (AvgIpc) is 2.68. The average molecular weight is 290 g/mol. The van der Waals surface area contributed by atoms with Crippen LogP contribution in [0.5, 0.6) is 0 Å². The molecule has 1 aliphatic heterocycles. The van der Waals surface area contributed by atoms with Gasteiger partial charge in [0.05, 0.1) is 0 Å². The van der Waals surface area contributed by atoms with Gasteiger partial charge in [-0.15, -0.1) is 0 Å². The number of rotatable bonds is 2. The van der Waals surface area contributed by atoms with Gasteiger partial charge in [0.1, 0.15) is 6.04 Å². The van der Waals surface area contributed by atoms with Gasteiger partial charge in [0.2, 0.25) is 0 Å². The van der Waals surface area contributed by atoms with Crippen LogP contribution in [-0.4, -0.2) is 34.6 Å². The fourth-order valence-electron chi connectivity index (χ4n) is 2.62. The van der Waals surface area contributed by atoms with E-state index in [9.17, 15) is 14.7 Å². The third-order valence-electron chi connectivity index (χ3n) is 4.06. The minimum absolute atomic E-state index is 0.326. The molecule has 5 heteroatoms. The van der Waals surface area contributed by atoms with Crippen LogP contribution in [0.25, 0.3) is 0 Å². The Morgan fingerprint density at radius 2 is 1.95 bits per heavy atom. The van der Waals surface area contributed by atoms with Crippen LogP contribution in [0.15, 0.2) is 18.2 Å². The molecule has 2 rings (SSSR count). The molecule has 5 nitrogen and oxygen atoms in total.